The number of benzene rings is 3. The minimum absolute atomic E-state index is 0.0264. The Kier molecular flexibility index (Phi) is 10.5. The number of aryl methyl sites for hydroxylation is 1. The van der Waals surface area contributed by atoms with Crippen molar-refractivity contribution in [2.75, 3.05) is 27.2 Å². The number of rotatable bonds is 12. The van der Waals surface area contributed by atoms with Crippen LogP contribution in [0, 0.1) is 12.3 Å². The molecule has 4 heterocycles. The van der Waals surface area contributed by atoms with E-state index < -0.39 is 42.2 Å². The van der Waals surface area contributed by atoms with Crippen molar-refractivity contribution in [2.24, 2.45) is 5.41 Å². The first-order chi connectivity index (χ1) is 28.1. The Morgan fingerprint density at radius 3 is 2.12 bits per heavy atom. The van der Waals surface area contributed by atoms with E-state index in [1.54, 1.807) is 31.7 Å². The Morgan fingerprint density at radius 2 is 1.56 bits per heavy atom. The number of hydrogen-bond acceptors (Lipinski definition) is 10. The van der Waals surface area contributed by atoms with Crippen LogP contribution in [-0.4, -0.2) is 66.7 Å². The van der Waals surface area contributed by atoms with Gasteiger partial charge in [-0.15, -0.1) is 11.3 Å². The van der Waals surface area contributed by atoms with Crippen LogP contribution in [0.2, 0.25) is 5.04 Å². The molecule has 6 aromatic rings. The number of fused-ring (bicyclic) bond motifs is 1. The number of likely N-dealkylation sites (tertiary alicyclic amines) is 1. The molecule has 11 nitrogen and oxygen atoms in total. The van der Waals surface area contributed by atoms with E-state index in [9.17, 15) is 0 Å². The van der Waals surface area contributed by atoms with Crippen LogP contribution in [0.15, 0.2) is 111 Å². The van der Waals surface area contributed by atoms with Gasteiger partial charge in [0.25, 0.3) is 5.56 Å². The molecule has 308 valence electrons. The summed E-state index contributed by atoms with van der Waals surface area (Å²) in [6.07, 6.45) is 4.21. The molecule has 2 fully saturated rings. The minimum Gasteiger partial charge on any atom is -0.508 e. The van der Waals surface area contributed by atoms with Gasteiger partial charge in [0.2, 0.25) is 5.89 Å². The summed E-state index contributed by atoms with van der Waals surface area (Å²) in [6, 6.07) is 27.3. The second-order valence-electron chi connectivity index (χ2n) is 17.8. The van der Waals surface area contributed by atoms with Gasteiger partial charge in [-0.05, 0) is 67.7 Å². The van der Waals surface area contributed by atoms with Gasteiger partial charge in [0.05, 0.1) is 36.2 Å². The SMILES string of the molecule is COc1ccccc1C(Cn1c(=O)n(C(C)(C)C(=O)O[Si](c2ccccc2)(c2ccccc2)C(C)(C)C)c(=O)c2c(C)c(-c3ncco3)sc21)OC1CC2(C1)CN(C)C2. The number of aromatic nitrogens is 3. The fourth-order valence-electron chi connectivity index (χ4n) is 9.45. The third-order valence-electron chi connectivity index (χ3n) is 12.3. The van der Waals surface area contributed by atoms with Crippen LogP contribution in [0.5, 0.6) is 5.75 Å². The number of ether oxygens (including phenoxy) is 2. The highest BCUT2D eigenvalue weighted by atomic mass is 32.1. The van der Waals surface area contributed by atoms with E-state index in [1.807, 2.05) is 91.9 Å². The van der Waals surface area contributed by atoms with Gasteiger partial charge in [0.1, 0.15) is 28.5 Å². The third-order valence-corrected chi connectivity index (χ3v) is 18.5. The summed E-state index contributed by atoms with van der Waals surface area (Å²) < 4.78 is 28.2. The average molecular weight is 833 g/mol. The van der Waals surface area contributed by atoms with Gasteiger partial charge in [-0.3, -0.25) is 14.2 Å². The molecule has 1 spiro atoms. The zero-order valence-corrected chi connectivity index (χ0v) is 36.8. The van der Waals surface area contributed by atoms with Gasteiger partial charge < -0.3 is 23.2 Å². The van der Waals surface area contributed by atoms with Crippen LogP contribution in [0.1, 0.15) is 64.7 Å². The van der Waals surface area contributed by atoms with Crippen LogP contribution in [0.3, 0.4) is 0 Å². The van der Waals surface area contributed by atoms with Crippen molar-refractivity contribution in [3.8, 4) is 16.5 Å². The number of hydrogen-bond donors (Lipinski definition) is 0. The first kappa shape index (κ1) is 40.7. The summed E-state index contributed by atoms with van der Waals surface area (Å²) in [4.78, 5) is 53.3. The Labute approximate surface area is 349 Å². The van der Waals surface area contributed by atoms with Gasteiger partial charge in [-0.2, -0.15) is 0 Å². The lowest BCUT2D eigenvalue weighted by molar-refractivity contribution is -0.167. The van der Waals surface area contributed by atoms with Gasteiger partial charge in [0, 0.05) is 24.1 Å². The van der Waals surface area contributed by atoms with Crippen molar-refractivity contribution in [1.82, 2.24) is 19.0 Å². The summed E-state index contributed by atoms with van der Waals surface area (Å²) in [5.41, 5.74) is -1.37. The van der Waals surface area contributed by atoms with E-state index in [4.69, 9.17) is 18.3 Å². The van der Waals surface area contributed by atoms with Gasteiger partial charge in [-0.1, -0.05) is 99.6 Å². The van der Waals surface area contributed by atoms with Crippen molar-refractivity contribution in [1.29, 1.82) is 0 Å². The van der Waals surface area contributed by atoms with Gasteiger partial charge in [-0.25, -0.2) is 14.3 Å². The second-order valence-corrected chi connectivity index (χ2v) is 23.0. The molecule has 0 bridgehead atoms. The molecular weight excluding hydrogens is 781 g/mol. The van der Waals surface area contributed by atoms with Crippen LogP contribution in [-0.2, 0) is 26.0 Å². The number of methoxy groups -OCH3 is 1. The normalized spacial score (nSPS) is 16.5. The fraction of sp³-hybridized carbons (Fsp3) is 0.391. The molecule has 1 aliphatic carbocycles. The van der Waals surface area contributed by atoms with E-state index in [1.165, 1.54) is 17.6 Å². The highest BCUT2D eigenvalue weighted by molar-refractivity contribution is 7.22. The van der Waals surface area contributed by atoms with Gasteiger partial charge in [0.15, 0.2) is 0 Å². The molecule has 3 aromatic carbocycles. The summed E-state index contributed by atoms with van der Waals surface area (Å²) >= 11 is 1.26. The largest absolute Gasteiger partial charge is 0.508 e. The van der Waals surface area contributed by atoms with Crippen molar-refractivity contribution >= 4 is 46.2 Å². The third kappa shape index (κ3) is 6.91. The predicted molar refractivity (Wildman–Crippen MR) is 233 cm³/mol. The van der Waals surface area contributed by atoms with Crippen molar-refractivity contribution < 1.29 is 23.1 Å². The maximum atomic E-state index is 15.4. The zero-order chi connectivity index (χ0) is 41.9. The topological polar surface area (TPSA) is 118 Å². The molecule has 1 unspecified atom stereocenters. The molecule has 2 aliphatic rings. The number of carbonyl (C=O) groups excluding carboxylic acids is 1. The number of thiophene rings is 1. The molecule has 59 heavy (non-hydrogen) atoms. The Hall–Kier alpha value is -5.08. The lowest BCUT2D eigenvalue weighted by Crippen LogP contribution is -2.69. The quantitative estimate of drug-likeness (QED) is 0.122. The number of nitrogens with zero attached hydrogens (tertiary/aromatic N) is 4. The summed E-state index contributed by atoms with van der Waals surface area (Å²) in [7, 11) is 0.308. The molecule has 0 radical (unpaired) electrons. The van der Waals surface area contributed by atoms with Crippen molar-refractivity contribution in [2.45, 2.75) is 83.7 Å². The van der Waals surface area contributed by atoms with E-state index in [-0.39, 0.29) is 18.1 Å². The molecule has 3 aromatic heterocycles. The van der Waals surface area contributed by atoms with Crippen molar-refractivity contribution in [3.63, 3.8) is 0 Å². The van der Waals surface area contributed by atoms with E-state index in [2.05, 4.69) is 37.7 Å². The van der Waals surface area contributed by atoms with E-state index >= 15 is 14.4 Å². The highest BCUT2D eigenvalue weighted by Crippen LogP contribution is 2.50. The predicted octanol–water partition coefficient (Wildman–Crippen LogP) is 6.89. The standard InChI is InChI=1S/C46H52N4O7SSi/c1-30-37-40(51)50(45(5,6)42(52)57-59(44(2,3)4,32-17-11-9-12-18-32)33-19-13-10-14-20-33)43(53)49(41(37)58-38(30)39-47-23-24-55-39)27-36(34-21-15-16-22-35(34)54-8)56-31-25-46(26-31)28-48(7)29-46/h9-24,31,36H,25-29H2,1-8H3. The lowest BCUT2D eigenvalue weighted by Gasteiger charge is -2.58. The molecule has 0 amide bonds. The monoisotopic (exact) mass is 832 g/mol. The highest BCUT2D eigenvalue weighted by Gasteiger charge is 2.55. The summed E-state index contributed by atoms with van der Waals surface area (Å²) in [5, 5.41) is 1.55. The average Bonchev–Trinajstić information content (AvgIpc) is 3.85. The zero-order valence-electron chi connectivity index (χ0n) is 35.0. The maximum absolute atomic E-state index is 15.4. The van der Waals surface area contributed by atoms with Crippen LogP contribution < -0.4 is 26.4 Å². The molecule has 1 aliphatic heterocycles. The molecule has 13 heteroatoms. The molecule has 1 atom stereocenters. The summed E-state index contributed by atoms with van der Waals surface area (Å²) in [6.45, 7) is 13.4. The molecule has 0 N–H and O–H groups in total. The van der Waals surface area contributed by atoms with Gasteiger partial charge >= 0.3 is 20.0 Å². The Bertz CT molecular complexity index is 2560. The number of carbonyl (C=O) groups is 1. The minimum atomic E-state index is -3.44. The summed E-state index contributed by atoms with van der Waals surface area (Å²) in [5.74, 6) is 0.284. The Morgan fingerprint density at radius 1 is 0.949 bits per heavy atom. The molecule has 8 rings (SSSR count). The fourth-order valence-corrected chi connectivity index (χ4v) is 15.1. The van der Waals surface area contributed by atoms with Crippen molar-refractivity contribution in [3.05, 3.63) is 129 Å². The lowest BCUT2D eigenvalue weighted by atomic mass is 9.62. The molecule has 1 saturated carbocycles. The first-order valence-electron chi connectivity index (χ1n) is 20.1. The number of para-hydroxylation sites is 1. The van der Waals surface area contributed by atoms with Crippen LogP contribution in [0.25, 0.3) is 21.0 Å². The van der Waals surface area contributed by atoms with Crippen LogP contribution in [0.4, 0.5) is 0 Å². The molecular formula is C46H52N4O7SSi. The number of oxazole rings is 1. The second kappa shape index (κ2) is 15.2. The smallest absolute Gasteiger partial charge is 0.333 e. The van der Waals surface area contributed by atoms with Crippen LogP contribution >= 0.6 is 11.3 Å². The van der Waals surface area contributed by atoms with E-state index in [0.29, 0.717) is 32.3 Å². The first-order valence-corrected chi connectivity index (χ1v) is 22.8. The maximum Gasteiger partial charge on any atom is 0.333 e. The Balaban J connectivity index is 1.29. The molecule has 1 saturated heterocycles. The van der Waals surface area contributed by atoms with E-state index in [0.717, 1.165) is 46.4 Å².